The molecular formula is C14H22N2O3. The topological polar surface area (TPSA) is 54.7 Å². The molecule has 0 aromatic carbocycles. The molecule has 1 saturated heterocycles. The third-order valence-corrected chi connectivity index (χ3v) is 3.98. The number of amides is 1. The van der Waals surface area contributed by atoms with E-state index in [1.54, 1.807) is 20.4 Å². The van der Waals surface area contributed by atoms with Crippen molar-refractivity contribution < 1.29 is 13.9 Å². The monoisotopic (exact) mass is 266 g/mol. The van der Waals surface area contributed by atoms with Crippen LogP contribution < -0.4 is 5.32 Å². The van der Waals surface area contributed by atoms with Gasteiger partial charge < -0.3 is 14.5 Å². The van der Waals surface area contributed by atoms with Gasteiger partial charge in [0.15, 0.2) is 0 Å². The van der Waals surface area contributed by atoms with Gasteiger partial charge in [0.2, 0.25) is 5.91 Å². The quantitative estimate of drug-likeness (QED) is 0.873. The van der Waals surface area contributed by atoms with Crippen LogP contribution in [0.25, 0.3) is 0 Å². The highest BCUT2D eigenvalue weighted by Crippen LogP contribution is 2.32. The van der Waals surface area contributed by atoms with E-state index >= 15 is 0 Å². The molecule has 1 aromatic rings. The summed E-state index contributed by atoms with van der Waals surface area (Å²) < 4.78 is 10.6. The second-order valence-corrected chi connectivity index (χ2v) is 5.07. The highest BCUT2D eigenvalue weighted by atomic mass is 16.5. The minimum Gasteiger partial charge on any atom is -0.469 e. The average Bonchev–Trinajstić information content (AvgIpc) is 2.98. The Balaban J connectivity index is 2.22. The average molecular weight is 266 g/mol. The summed E-state index contributed by atoms with van der Waals surface area (Å²) in [5.41, 5.74) is 0.582. The van der Waals surface area contributed by atoms with Gasteiger partial charge in [-0.2, -0.15) is 0 Å². The number of aryl methyl sites for hydroxylation is 1. The van der Waals surface area contributed by atoms with E-state index in [4.69, 9.17) is 9.15 Å². The first-order valence-corrected chi connectivity index (χ1v) is 6.63. The minimum absolute atomic E-state index is 0.0352. The molecule has 5 nitrogen and oxygen atoms in total. The largest absolute Gasteiger partial charge is 0.469 e. The summed E-state index contributed by atoms with van der Waals surface area (Å²) in [6, 6.07) is 1.97. The van der Waals surface area contributed by atoms with E-state index in [2.05, 4.69) is 10.2 Å². The number of nitrogens with zero attached hydrogens (tertiary/aromatic N) is 1. The maximum Gasteiger partial charge on any atom is 0.242 e. The Hall–Kier alpha value is -1.33. The van der Waals surface area contributed by atoms with Crippen molar-refractivity contribution in [2.24, 2.45) is 0 Å². The SMILES string of the molecule is CNC(=O)C1(COC)CCCN1Cc1ccoc1C. The van der Waals surface area contributed by atoms with Crippen LogP contribution in [0.3, 0.4) is 0 Å². The third kappa shape index (κ3) is 2.53. The lowest BCUT2D eigenvalue weighted by molar-refractivity contribution is -0.135. The maximum atomic E-state index is 12.3. The van der Waals surface area contributed by atoms with Crippen LogP contribution in [0.2, 0.25) is 0 Å². The van der Waals surface area contributed by atoms with E-state index in [-0.39, 0.29) is 5.91 Å². The summed E-state index contributed by atoms with van der Waals surface area (Å²) in [5.74, 6) is 0.947. The standard InChI is InChI=1S/C14H22N2O3/c1-11-12(5-8-19-11)9-16-7-4-6-14(16,10-18-3)13(17)15-2/h5,8H,4,6-7,9-10H2,1-3H3,(H,15,17). The maximum absolute atomic E-state index is 12.3. The van der Waals surface area contributed by atoms with Gasteiger partial charge in [0.05, 0.1) is 12.9 Å². The van der Waals surface area contributed by atoms with Crippen LogP contribution in [0.15, 0.2) is 16.7 Å². The Morgan fingerprint density at radius 3 is 3.00 bits per heavy atom. The molecule has 0 saturated carbocycles. The first-order valence-electron chi connectivity index (χ1n) is 6.63. The fourth-order valence-electron chi connectivity index (χ4n) is 2.90. The molecular weight excluding hydrogens is 244 g/mol. The van der Waals surface area contributed by atoms with E-state index in [9.17, 15) is 4.79 Å². The number of likely N-dealkylation sites (N-methyl/N-ethyl adjacent to an activating group) is 1. The number of carbonyl (C=O) groups is 1. The van der Waals surface area contributed by atoms with Crippen molar-refractivity contribution in [2.45, 2.75) is 31.8 Å². The zero-order valence-corrected chi connectivity index (χ0v) is 11.9. The Morgan fingerprint density at radius 2 is 2.42 bits per heavy atom. The van der Waals surface area contributed by atoms with Gasteiger partial charge in [0.25, 0.3) is 0 Å². The molecule has 1 aromatic heterocycles. The number of ether oxygens (including phenoxy) is 1. The Morgan fingerprint density at radius 1 is 1.63 bits per heavy atom. The molecule has 0 aliphatic carbocycles. The molecule has 19 heavy (non-hydrogen) atoms. The van der Waals surface area contributed by atoms with E-state index < -0.39 is 5.54 Å². The highest BCUT2D eigenvalue weighted by Gasteiger charge is 2.47. The Labute approximate surface area is 113 Å². The highest BCUT2D eigenvalue weighted by molar-refractivity contribution is 5.86. The number of furan rings is 1. The van der Waals surface area contributed by atoms with Crippen molar-refractivity contribution in [1.29, 1.82) is 0 Å². The van der Waals surface area contributed by atoms with Crippen molar-refractivity contribution in [1.82, 2.24) is 10.2 Å². The summed E-state index contributed by atoms with van der Waals surface area (Å²) in [7, 11) is 3.32. The summed E-state index contributed by atoms with van der Waals surface area (Å²) in [5, 5.41) is 2.77. The number of likely N-dealkylation sites (tertiary alicyclic amines) is 1. The Bertz CT molecular complexity index is 444. The van der Waals surface area contributed by atoms with Crippen molar-refractivity contribution in [3.05, 3.63) is 23.7 Å². The Kier molecular flexibility index (Phi) is 4.27. The summed E-state index contributed by atoms with van der Waals surface area (Å²) in [6.07, 6.45) is 3.53. The third-order valence-electron chi connectivity index (χ3n) is 3.98. The summed E-state index contributed by atoms with van der Waals surface area (Å²) >= 11 is 0. The van der Waals surface area contributed by atoms with Gasteiger partial charge in [-0.25, -0.2) is 0 Å². The van der Waals surface area contributed by atoms with Crippen LogP contribution in [-0.2, 0) is 16.1 Å². The molecule has 1 aliphatic rings. The number of rotatable bonds is 5. The van der Waals surface area contributed by atoms with Crippen LogP contribution in [0, 0.1) is 6.92 Å². The molecule has 2 rings (SSSR count). The smallest absolute Gasteiger partial charge is 0.242 e. The minimum atomic E-state index is -0.548. The van der Waals surface area contributed by atoms with Crippen molar-refractivity contribution >= 4 is 5.91 Å². The zero-order valence-electron chi connectivity index (χ0n) is 11.9. The fraction of sp³-hybridized carbons (Fsp3) is 0.643. The van der Waals surface area contributed by atoms with E-state index in [0.29, 0.717) is 6.61 Å². The van der Waals surface area contributed by atoms with E-state index in [1.165, 1.54) is 0 Å². The second kappa shape index (κ2) is 5.75. The second-order valence-electron chi connectivity index (χ2n) is 5.07. The lowest BCUT2D eigenvalue weighted by atomic mass is 9.95. The number of hydrogen-bond acceptors (Lipinski definition) is 4. The molecule has 0 spiro atoms. The molecule has 106 valence electrons. The van der Waals surface area contributed by atoms with Gasteiger partial charge in [-0.05, 0) is 32.4 Å². The van der Waals surface area contributed by atoms with Crippen molar-refractivity contribution in [2.75, 3.05) is 27.3 Å². The van der Waals surface area contributed by atoms with Crippen LogP contribution in [-0.4, -0.2) is 43.7 Å². The van der Waals surface area contributed by atoms with Crippen LogP contribution in [0.4, 0.5) is 0 Å². The van der Waals surface area contributed by atoms with Crippen LogP contribution in [0.1, 0.15) is 24.2 Å². The summed E-state index contributed by atoms with van der Waals surface area (Å²) in [6.45, 7) is 3.99. The van der Waals surface area contributed by atoms with E-state index in [1.807, 2.05) is 13.0 Å². The first-order chi connectivity index (χ1) is 9.14. The number of methoxy groups -OCH3 is 1. The van der Waals surface area contributed by atoms with E-state index in [0.717, 1.165) is 37.3 Å². The van der Waals surface area contributed by atoms with Crippen molar-refractivity contribution in [3.8, 4) is 0 Å². The lowest BCUT2D eigenvalue weighted by Crippen LogP contribution is -2.57. The lowest BCUT2D eigenvalue weighted by Gasteiger charge is -2.36. The van der Waals surface area contributed by atoms with Crippen LogP contribution in [0.5, 0.6) is 0 Å². The van der Waals surface area contributed by atoms with Gasteiger partial charge in [0.1, 0.15) is 11.3 Å². The number of nitrogens with one attached hydrogen (secondary N) is 1. The number of hydrogen-bond donors (Lipinski definition) is 1. The zero-order chi connectivity index (χ0) is 13.9. The van der Waals surface area contributed by atoms with Gasteiger partial charge in [-0.15, -0.1) is 0 Å². The molecule has 2 heterocycles. The normalized spacial score (nSPS) is 23.7. The summed E-state index contributed by atoms with van der Waals surface area (Å²) in [4.78, 5) is 14.5. The van der Waals surface area contributed by atoms with Gasteiger partial charge in [-0.3, -0.25) is 9.69 Å². The number of carbonyl (C=O) groups excluding carboxylic acids is 1. The van der Waals surface area contributed by atoms with Gasteiger partial charge in [-0.1, -0.05) is 0 Å². The van der Waals surface area contributed by atoms with Gasteiger partial charge in [0, 0.05) is 26.3 Å². The van der Waals surface area contributed by atoms with Crippen molar-refractivity contribution in [3.63, 3.8) is 0 Å². The van der Waals surface area contributed by atoms with Crippen LogP contribution >= 0.6 is 0 Å². The fourth-order valence-corrected chi connectivity index (χ4v) is 2.90. The predicted molar refractivity (Wildman–Crippen MR) is 71.8 cm³/mol. The molecule has 1 fully saturated rings. The van der Waals surface area contributed by atoms with Gasteiger partial charge >= 0.3 is 0 Å². The first kappa shape index (κ1) is 14.1. The predicted octanol–water partition coefficient (Wildman–Crippen LogP) is 1.32. The molecule has 0 bridgehead atoms. The molecule has 0 radical (unpaired) electrons. The molecule has 1 aliphatic heterocycles. The molecule has 1 unspecified atom stereocenters. The molecule has 1 atom stereocenters. The molecule has 1 amide bonds. The molecule has 1 N–H and O–H groups in total. The molecule has 5 heteroatoms.